The molecule has 0 spiro atoms. The lowest BCUT2D eigenvalue weighted by Gasteiger charge is -2.02. The van der Waals surface area contributed by atoms with Crippen molar-refractivity contribution >= 4 is 11.7 Å². The summed E-state index contributed by atoms with van der Waals surface area (Å²) in [5.74, 6) is 0.0112. The molecule has 0 rings (SSSR count). The minimum absolute atomic E-state index is 0.0834. The molecular weight excluding hydrogens is 158 g/mol. The molecule has 4 nitrogen and oxygen atoms in total. The van der Waals surface area contributed by atoms with Crippen LogP contribution in [0.1, 0.15) is 19.8 Å². The van der Waals surface area contributed by atoms with Crippen LogP contribution >= 0.6 is 0 Å². The topological polar surface area (TPSA) is 55.4 Å². The third-order valence-electron chi connectivity index (χ3n) is 1.30. The maximum atomic E-state index is 10.8. The van der Waals surface area contributed by atoms with Crippen LogP contribution in [0.2, 0.25) is 0 Å². The van der Waals surface area contributed by atoms with E-state index >= 15 is 0 Å². The third kappa shape index (κ3) is 7.21. The molecule has 1 N–H and O–H groups in total. The molecule has 4 heteroatoms. The van der Waals surface area contributed by atoms with Crippen LogP contribution in [0.25, 0.3) is 0 Å². The Morgan fingerprint density at radius 2 is 2.08 bits per heavy atom. The molecule has 0 radical (unpaired) electrons. The lowest BCUT2D eigenvalue weighted by Crippen LogP contribution is -2.28. The second kappa shape index (κ2) is 6.79. The zero-order valence-electron chi connectivity index (χ0n) is 7.55. The van der Waals surface area contributed by atoms with Crippen LogP contribution in [0.3, 0.4) is 0 Å². The molecule has 0 fully saturated rings. The van der Waals surface area contributed by atoms with Crippen LogP contribution in [-0.2, 0) is 14.3 Å². The highest BCUT2D eigenvalue weighted by Gasteiger charge is 1.98. The molecule has 70 valence electrons. The van der Waals surface area contributed by atoms with Gasteiger partial charge in [-0.05, 0) is 13.3 Å². The SMILES string of the molecule is COCC(=O)NCCCC(C)=O. The van der Waals surface area contributed by atoms with Gasteiger partial charge in [-0.25, -0.2) is 0 Å². The van der Waals surface area contributed by atoms with Crippen LogP contribution in [0.15, 0.2) is 0 Å². The molecule has 0 unspecified atom stereocenters. The van der Waals surface area contributed by atoms with Gasteiger partial charge < -0.3 is 14.8 Å². The average Bonchev–Trinajstić information content (AvgIpc) is 1.98. The molecule has 0 aliphatic carbocycles. The van der Waals surface area contributed by atoms with Gasteiger partial charge in [-0.2, -0.15) is 0 Å². The number of hydrogen-bond acceptors (Lipinski definition) is 3. The van der Waals surface area contributed by atoms with E-state index in [-0.39, 0.29) is 18.3 Å². The molecule has 0 aromatic carbocycles. The number of carbonyl (C=O) groups is 2. The van der Waals surface area contributed by atoms with Crippen molar-refractivity contribution in [3.8, 4) is 0 Å². The number of methoxy groups -OCH3 is 1. The van der Waals surface area contributed by atoms with E-state index in [1.54, 1.807) is 0 Å². The predicted molar refractivity (Wildman–Crippen MR) is 44.8 cm³/mol. The van der Waals surface area contributed by atoms with E-state index in [1.165, 1.54) is 14.0 Å². The molecular formula is C8H15NO3. The Kier molecular flexibility index (Phi) is 6.28. The van der Waals surface area contributed by atoms with Crippen LogP contribution in [-0.4, -0.2) is 32.0 Å². The largest absolute Gasteiger partial charge is 0.375 e. The first kappa shape index (κ1) is 11.1. The lowest BCUT2D eigenvalue weighted by atomic mass is 10.2. The number of nitrogens with one attached hydrogen (secondary N) is 1. The van der Waals surface area contributed by atoms with Gasteiger partial charge >= 0.3 is 0 Å². The zero-order valence-corrected chi connectivity index (χ0v) is 7.55. The van der Waals surface area contributed by atoms with Gasteiger partial charge in [0.2, 0.25) is 5.91 Å². The summed E-state index contributed by atoms with van der Waals surface area (Å²) in [7, 11) is 1.47. The van der Waals surface area contributed by atoms with Crippen molar-refractivity contribution in [1.29, 1.82) is 0 Å². The molecule has 0 aromatic heterocycles. The Labute approximate surface area is 72.3 Å². The predicted octanol–water partition coefficient (Wildman–Crippen LogP) is 0.118. The maximum absolute atomic E-state index is 10.8. The summed E-state index contributed by atoms with van der Waals surface area (Å²) < 4.78 is 4.60. The number of amides is 1. The van der Waals surface area contributed by atoms with Crippen molar-refractivity contribution in [3.63, 3.8) is 0 Å². The van der Waals surface area contributed by atoms with E-state index in [0.29, 0.717) is 19.4 Å². The number of Topliss-reactive ketones (excluding diaryl/α,β-unsaturated/α-hetero) is 1. The summed E-state index contributed by atoms with van der Waals surface area (Å²) >= 11 is 0. The number of ketones is 1. The summed E-state index contributed by atoms with van der Waals surface area (Å²) in [5.41, 5.74) is 0. The Balaban J connectivity index is 3.19. The fourth-order valence-electron chi connectivity index (χ4n) is 0.747. The zero-order chi connectivity index (χ0) is 9.40. The standard InChI is InChI=1S/C8H15NO3/c1-7(10)4-3-5-9-8(11)6-12-2/h3-6H2,1-2H3,(H,9,11). The monoisotopic (exact) mass is 173 g/mol. The molecule has 0 saturated heterocycles. The van der Waals surface area contributed by atoms with Crippen molar-refractivity contribution in [1.82, 2.24) is 5.32 Å². The third-order valence-corrected chi connectivity index (χ3v) is 1.30. The first-order chi connectivity index (χ1) is 5.66. The average molecular weight is 173 g/mol. The van der Waals surface area contributed by atoms with Gasteiger partial charge in [0.1, 0.15) is 12.4 Å². The van der Waals surface area contributed by atoms with E-state index in [2.05, 4.69) is 10.1 Å². The van der Waals surface area contributed by atoms with Gasteiger partial charge in [-0.15, -0.1) is 0 Å². The summed E-state index contributed by atoms with van der Waals surface area (Å²) in [6.45, 7) is 2.17. The molecule has 1 amide bonds. The van der Waals surface area contributed by atoms with E-state index in [4.69, 9.17) is 0 Å². The molecule has 12 heavy (non-hydrogen) atoms. The summed E-state index contributed by atoms with van der Waals surface area (Å²) in [6.07, 6.45) is 1.22. The number of ether oxygens (including phenoxy) is 1. The van der Waals surface area contributed by atoms with Gasteiger partial charge in [-0.3, -0.25) is 4.79 Å². The first-order valence-electron chi connectivity index (χ1n) is 3.92. The highest BCUT2D eigenvalue weighted by Crippen LogP contribution is 1.87. The molecule has 0 aliphatic rings. The molecule has 0 heterocycles. The van der Waals surface area contributed by atoms with Crippen LogP contribution in [0.4, 0.5) is 0 Å². The van der Waals surface area contributed by atoms with E-state index < -0.39 is 0 Å². The fourth-order valence-corrected chi connectivity index (χ4v) is 0.747. The Morgan fingerprint density at radius 3 is 2.58 bits per heavy atom. The first-order valence-corrected chi connectivity index (χ1v) is 3.92. The summed E-state index contributed by atoms with van der Waals surface area (Å²) in [4.78, 5) is 21.2. The molecule has 0 saturated carbocycles. The van der Waals surface area contributed by atoms with Crippen molar-refractivity contribution in [2.75, 3.05) is 20.3 Å². The van der Waals surface area contributed by atoms with Gasteiger partial charge in [0, 0.05) is 20.1 Å². The van der Waals surface area contributed by atoms with E-state index in [9.17, 15) is 9.59 Å². The Hall–Kier alpha value is -0.900. The fraction of sp³-hybridized carbons (Fsp3) is 0.750. The quantitative estimate of drug-likeness (QED) is 0.580. The smallest absolute Gasteiger partial charge is 0.245 e. The highest BCUT2D eigenvalue weighted by atomic mass is 16.5. The summed E-state index contributed by atoms with van der Waals surface area (Å²) in [6, 6.07) is 0. The minimum Gasteiger partial charge on any atom is -0.375 e. The van der Waals surface area contributed by atoms with Crippen molar-refractivity contribution < 1.29 is 14.3 Å². The molecule has 0 atom stereocenters. The second-order valence-electron chi connectivity index (χ2n) is 2.59. The number of carbonyl (C=O) groups excluding carboxylic acids is 2. The van der Waals surface area contributed by atoms with Gasteiger partial charge in [0.05, 0.1) is 0 Å². The minimum atomic E-state index is -0.138. The van der Waals surface area contributed by atoms with Crippen LogP contribution in [0.5, 0.6) is 0 Å². The van der Waals surface area contributed by atoms with Crippen molar-refractivity contribution in [2.24, 2.45) is 0 Å². The lowest BCUT2D eigenvalue weighted by molar-refractivity contribution is -0.125. The normalized spacial score (nSPS) is 9.50. The highest BCUT2D eigenvalue weighted by molar-refractivity contribution is 5.77. The number of hydrogen-bond donors (Lipinski definition) is 1. The molecule has 0 aliphatic heterocycles. The summed E-state index contributed by atoms with van der Waals surface area (Å²) in [5, 5.41) is 2.62. The van der Waals surface area contributed by atoms with Gasteiger partial charge in [0.15, 0.2) is 0 Å². The Morgan fingerprint density at radius 1 is 1.42 bits per heavy atom. The van der Waals surface area contributed by atoms with Crippen molar-refractivity contribution in [2.45, 2.75) is 19.8 Å². The van der Waals surface area contributed by atoms with Gasteiger partial charge in [0.25, 0.3) is 0 Å². The second-order valence-corrected chi connectivity index (χ2v) is 2.59. The van der Waals surface area contributed by atoms with E-state index in [1.807, 2.05) is 0 Å². The van der Waals surface area contributed by atoms with Crippen LogP contribution in [0, 0.1) is 0 Å². The molecule has 0 bridgehead atoms. The Bertz CT molecular complexity index is 156. The van der Waals surface area contributed by atoms with Crippen molar-refractivity contribution in [3.05, 3.63) is 0 Å². The number of rotatable bonds is 6. The van der Waals surface area contributed by atoms with Gasteiger partial charge in [-0.1, -0.05) is 0 Å². The maximum Gasteiger partial charge on any atom is 0.245 e. The van der Waals surface area contributed by atoms with Crippen LogP contribution < -0.4 is 5.32 Å². The molecule has 0 aromatic rings. The van der Waals surface area contributed by atoms with E-state index in [0.717, 1.165) is 0 Å².